The molecule has 4 nitrogen and oxygen atoms in total. The van der Waals surface area contributed by atoms with Gasteiger partial charge in [0.25, 0.3) is 0 Å². The lowest BCUT2D eigenvalue weighted by Gasteiger charge is -2.30. The first kappa shape index (κ1) is 14.8. The second-order valence-corrected chi connectivity index (χ2v) is 5.03. The Hall–Kier alpha value is -1.29. The van der Waals surface area contributed by atoms with Crippen LogP contribution < -0.4 is 10.1 Å². The second kappa shape index (κ2) is 6.59. The third-order valence-corrected chi connectivity index (χ3v) is 3.00. The number of nitrogens with one attached hydrogen (secondary N) is 1. The number of ether oxygens (including phenoxy) is 1. The third kappa shape index (κ3) is 4.18. The van der Waals surface area contributed by atoms with Crippen LogP contribution in [0.15, 0.2) is 18.3 Å². The number of aliphatic hydroxyl groups excluding tert-OH is 1. The highest BCUT2D eigenvalue weighted by molar-refractivity contribution is 5.51. The highest BCUT2D eigenvalue weighted by atomic mass is 16.5. The number of hydrogen-bond acceptors (Lipinski definition) is 4. The minimum absolute atomic E-state index is 0.112. The van der Waals surface area contributed by atoms with E-state index in [2.05, 4.69) is 24.1 Å². The van der Waals surface area contributed by atoms with Crippen molar-refractivity contribution >= 4 is 5.82 Å². The summed E-state index contributed by atoms with van der Waals surface area (Å²) >= 11 is 0. The van der Waals surface area contributed by atoms with Gasteiger partial charge in [-0.2, -0.15) is 0 Å². The van der Waals surface area contributed by atoms with Gasteiger partial charge >= 0.3 is 0 Å². The molecular weight excluding hydrogens is 228 g/mol. The monoisotopic (exact) mass is 252 g/mol. The Morgan fingerprint density at radius 1 is 1.50 bits per heavy atom. The van der Waals surface area contributed by atoms with Gasteiger partial charge in [0.05, 0.1) is 6.10 Å². The molecule has 1 unspecified atom stereocenters. The van der Waals surface area contributed by atoms with Crippen molar-refractivity contribution in [1.82, 2.24) is 4.98 Å². The number of rotatable bonds is 7. The van der Waals surface area contributed by atoms with Crippen LogP contribution in [0.3, 0.4) is 0 Å². The zero-order valence-corrected chi connectivity index (χ0v) is 11.7. The predicted molar refractivity (Wildman–Crippen MR) is 74.0 cm³/mol. The second-order valence-electron chi connectivity index (χ2n) is 5.03. The van der Waals surface area contributed by atoms with Crippen LogP contribution in [0.4, 0.5) is 5.82 Å². The van der Waals surface area contributed by atoms with Gasteiger partial charge in [0, 0.05) is 18.3 Å². The molecule has 1 rings (SSSR count). The molecule has 0 aromatic carbocycles. The highest BCUT2D eigenvalue weighted by Gasteiger charge is 2.23. The van der Waals surface area contributed by atoms with E-state index in [9.17, 15) is 0 Å². The van der Waals surface area contributed by atoms with E-state index in [-0.39, 0.29) is 18.2 Å². The highest BCUT2D eigenvalue weighted by Crippen LogP contribution is 2.28. The fraction of sp³-hybridized carbons (Fsp3) is 0.643. The number of pyridine rings is 1. The molecule has 0 spiro atoms. The summed E-state index contributed by atoms with van der Waals surface area (Å²) in [5.41, 5.74) is -0.168. The molecule has 0 aliphatic carbocycles. The molecule has 18 heavy (non-hydrogen) atoms. The first-order valence-electron chi connectivity index (χ1n) is 6.51. The lowest BCUT2D eigenvalue weighted by Crippen LogP contribution is -2.35. The maximum Gasteiger partial charge on any atom is 0.169 e. The maximum atomic E-state index is 9.13. The van der Waals surface area contributed by atoms with Gasteiger partial charge in [-0.05, 0) is 45.7 Å². The lowest BCUT2D eigenvalue weighted by atomic mass is 9.95. The van der Waals surface area contributed by atoms with Crippen LogP contribution in [0.1, 0.15) is 40.5 Å². The SMILES string of the molecule is CCC(C)(CCO)Nc1ncccc1OC(C)C. The van der Waals surface area contributed by atoms with E-state index in [1.165, 1.54) is 0 Å². The molecule has 0 radical (unpaired) electrons. The van der Waals surface area contributed by atoms with Crippen LogP contribution in [-0.4, -0.2) is 28.3 Å². The van der Waals surface area contributed by atoms with Crippen LogP contribution in [-0.2, 0) is 0 Å². The Labute approximate surface area is 109 Å². The summed E-state index contributed by atoms with van der Waals surface area (Å²) in [6.07, 6.45) is 3.44. The minimum atomic E-state index is -0.168. The summed E-state index contributed by atoms with van der Waals surface area (Å²) in [6.45, 7) is 8.31. The first-order valence-corrected chi connectivity index (χ1v) is 6.51. The molecule has 0 aliphatic rings. The van der Waals surface area contributed by atoms with Gasteiger partial charge in [0.2, 0.25) is 0 Å². The molecule has 1 atom stereocenters. The third-order valence-electron chi connectivity index (χ3n) is 3.00. The zero-order valence-electron chi connectivity index (χ0n) is 11.7. The molecule has 0 aliphatic heterocycles. The van der Waals surface area contributed by atoms with Crippen molar-refractivity contribution in [2.45, 2.75) is 52.2 Å². The Bertz CT molecular complexity index is 369. The molecule has 0 bridgehead atoms. The Morgan fingerprint density at radius 2 is 2.22 bits per heavy atom. The fourth-order valence-corrected chi connectivity index (χ4v) is 1.69. The molecule has 0 fully saturated rings. The van der Waals surface area contributed by atoms with Crippen LogP contribution in [0.2, 0.25) is 0 Å². The van der Waals surface area contributed by atoms with Gasteiger partial charge < -0.3 is 15.2 Å². The number of aliphatic hydroxyl groups is 1. The number of nitrogens with zero attached hydrogens (tertiary/aromatic N) is 1. The fourth-order valence-electron chi connectivity index (χ4n) is 1.69. The van der Waals surface area contributed by atoms with Crippen molar-refractivity contribution in [1.29, 1.82) is 0 Å². The van der Waals surface area contributed by atoms with Crippen LogP contribution in [0.5, 0.6) is 5.75 Å². The Kier molecular flexibility index (Phi) is 5.41. The molecule has 0 saturated heterocycles. The van der Waals surface area contributed by atoms with Crippen molar-refractivity contribution in [3.05, 3.63) is 18.3 Å². The van der Waals surface area contributed by atoms with Crippen molar-refractivity contribution in [3.63, 3.8) is 0 Å². The van der Waals surface area contributed by atoms with E-state index >= 15 is 0 Å². The molecule has 1 aromatic rings. The predicted octanol–water partition coefficient (Wildman–Crippen LogP) is 2.83. The van der Waals surface area contributed by atoms with Crippen LogP contribution >= 0.6 is 0 Å². The number of aromatic nitrogens is 1. The van der Waals surface area contributed by atoms with Crippen molar-refractivity contribution in [2.24, 2.45) is 0 Å². The lowest BCUT2D eigenvalue weighted by molar-refractivity contribution is 0.238. The van der Waals surface area contributed by atoms with Crippen LogP contribution in [0, 0.1) is 0 Å². The van der Waals surface area contributed by atoms with Gasteiger partial charge in [0.15, 0.2) is 11.6 Å². The molecule has 4 heteroatoms. The smallest absolute Gasteiger partial charge is 0.169 e. The largest absolute Gasteiger partial charge is 0.487 e. The minimum Gasteiger partial charge on any atom is -0.487 e. The summed E-state index contributed by atoms with van der Waals surface area (Å²) < 4.78 is 5.73. The van der Waals surface area contributed by atoms with E-state index in [1.807, 2.05) is 26.0 Å². The van der Waals surface area contributed by atoms with Gasteiger partial charge in [-0.3, -0.25) is 0 Å². The van der Waals surface area contributed by atoms with Crippen LogP contribution in [0.25, 0.3) is 0 Å². The molecule has 1 heterocycles. The molecule has 0 saturated carbocycles. The van der Waals surface area contributed by atoms with Gasteiger partial charge in [-0.1, -0.05) is 6.92 Å². The standard InChI is InChI=1S/C14H24N2O2/c1-5-14(4,8-10-17)16-13-12(18-11(2)3)7-6-9-15-13/h6-7,9,11,17H,5,8,10H2,1-4H3,(H,15,16). The molecule has 0 amide bonds. The van der Waals surface area contributed by atoms with E-state index in [4.69, 9.17) is 9.84 Å². The number of anilines is 1. The van der Waals surface area contributed by atoms with Gasteiger partial charge in [0.1, 0.15) is 0 Å². The number of hydrogen-bond donors (Lipinski definition) is 2. The normalized spacial score (nSPS) is 14.3. The van der Waals surface area contributed by atoms with Crippen molar-refractivity contribution < 1.29 is 9.84 Å². The Balaban J connectivity index is 2.88. The topological polar surface area (TPSA) is 54.4 Å². The Morgan fingerprint density at radius 3 is 2.78 bits per heavy atom. The summed E-state index contributed by atoms with van der Waals surface area (Å²) in [4.78, 5) is 4.33. The van der Waals surface area contributed by atoms with E-state index < -0.39 is 0 Å². The van der Waals surface area contributed by atoms with Crippen molar-refractivity contribution in [3.8, 4) is 5.75 Å². The van der Waals surface area contributed by atoms with Crippen molar-refractivity contribution in [2.75, 3.05) is 11.9 Å². The summed E-state index contributed by atoms with van der Waals surface area (Å²) in [5, 5.41) is 12.5. The van der Waals surface area contributed by atoms with Gasteiger partial charge in [-0.15, -0.1) is 0 Å². The summed E-state index contributed by atoms with van der Waals surface area (Å²) in [7, 11) is 0. The first-order chi connectivity index (χ1) is 8.50. The molecule has 1 aromatic heterocycles. The van der Waals surface area contributed by atoms with Gasteiger partial charge in [-0.25, -0.2) is 4.98 Å². The zero-order chi connectivity index (χ0) is 13.6. The average molecular weight is 252 g/mol. The van der Waals surface area contributed by atoms with E-state index in [0.717, 1.165) is 18.0 Å². The molecular formula is C14H24N2O2. The summed E-state index contributed by atoms with van der Waals surface area (Å²) in [5.74, 6) is 1.49. The quantitative estimate of drug-likeness (QED) is 0.783. The van der Waals surface area contributed by atoms with E-state index in [1.54, 1.807) is 6.20 Å². The average Bonchev–Trinajstić information content (AvgIpc) is 2.31. The maximum absolute atomic E-state index is 9.13. The summed E-state index contributed by atoms with van der Waals surface area (Å²) in [6, 6.07) is 3.77. The molecule has 2 N–H and O–H groups in total. The molecule has 102 valence electrons. The van der Waals surface area contributed by atoms with E-state index in [0.29, 0.717) is 6.42 Å².